The quantitative estimate of drug-likeness (QED) is 0.199. The average Bonchev–Trinajstić information content (AvgIpc) is 2.74. The van der Waals surface area contributed by atoms with Gasteiger partial charge in [-0.1, -0.05) is 78.1 Å². The highest BCUT2D eigenvalue weighted by molar-refractivity contribution is 9.39. The molecule has 1 atom stereocenters. The second kappa shape index (κ2) is 10.4. The van der Waals surface area contributed by atoms with Crippen molar-refractivity contribution in [1.82, 2.24) is 0 Å². The number of phenolic OH excluding ortho intramolecular Hbond substituents is 2. The van der Waals surface area contributed by atoms with Crippen LogP contribution in [0.5, 0.6) is 17.2 Å². The van der Waals surface area contributed by atoms with Gasteiger partial charge in [-0.05, 0) is 93.5 Å². The lowest BCUT2D eigenvalue weighted by molar-refractivity contribution is 0.249. The molecule has 0 saturated heterocycles. The Labute approximate surface area is 238 Å². The molecule has 0 radical (unpaired) electrons. The molecule has 164 valence electrons. The lowest BCUT2D eigenvalue weighted by atomic mass is 9.76. The molecule has 0 bridgehead atoms. The SMILES string of the molecule is Oc1ccc(C(COc2ccccc2)(c2c(Br)c(Br)c(O)c(Br)c2Br)C(Br)(Br)Br)cc1. The van der Waals surface area contributed by atoms with Crippen LogP contribution in [0.25, 0.3) is 0 Å². The summed E-state index contributed by atoms with van der Waals surface area (Å²) < 4.78 is 7.60. The van der Waals surface area contributed by atoms with Crippen LogP contribution in [-0.2, 0) is 5.41 Å². The van der Waals surface area contributed by atoms with E-state index in [1.165, 1.54) is 0 Å². The van der Waals surface area contributed by atoms with Crippen LogP contribution in [0.1, 0.15) is 11.1 Å². The summed E-state index contributed by atoms with van der Waals surface area (Å²) in [5.41, 5.74) is 0.682. The number of alkyl halides is 3. The van der Waals surface area contributed by atoms with Crippen LogP contribution in [0, 0.1) is 0 Å². The first-order chi connectivity index (χ1) is 14.5. The van der Waals surface area contributed by atoms with Crippen molar-refractivity contribution in [3.05, 3.63) is 83.6 Å². The highest BCUT2D eigenvalue weighted by Crippen LogP contribution is 2.60. The highest BCUT2D eigenvalue weighted by atomic mass is 80.0. The average molecular weight is 873 g/mol. The summed E-state index contributed by atoms with van der Waals surface area (Å²) in [7, 11) is 0. The van der Waals surface area contributed by atoms with E-state index < -0.39 is 7.56 Å². The number of phenols is 2. The zero-order valence-corrected chi connectivity index (χ0v) is 26.5. The van der Waals surface area contributed by atoms with Gasteiger partial charge in [-0.15, -0.1) is 0 Å². The van der Waals surface area contributed by atoms with Gasteiger partial charge in [0, 0.05) is 14.5 Å². The van der Waals surface area contributed by atoms with Gasteiger partial charge in [0.05, 0.1) is 14.4 Å². The number of aromatic hydroxyl groups is 2. The van der Waals surface area contributed by atoms with Crippen molar-refractivity contribution in [2.75, 3.05) is 6.61 Å². The van der Waals surface area contributed by atoms with Crippen LogP contribution in [0.2, 0.25) is 0 Å². The van der Waals surface area contributed by atoms with E-state index in [4.69, 9.17) is 4.74 Å². The molecule has 0 aromatic heterocycles. The molecule has 3 aromatic carbocycles. The number of hydrogen-bond acceptors (Lipinski definition) is 3. The van der Waals surface area contributed by atoms with Crippen molar-refractivity contribution in [2.45, 2.75) is 7.56 Å². The molecule has 1 unspecified atom stereocenters. The minimum absolute atomic E-state index is 0.0513. The fourth-order valence-electron chi connectivity index (χ4n) is 3.14. The van der Waals surface area contributed by atoms with Crippen molar-refractivity contribution in [1.29, 1.82) is 0 Å². The van der Waals surface area contributed by atoms with E-state index in [2.05, 4.69) is 112 Å². The Morgan fingerprint density at radius 2 is 1.23 bits per heavy atom. The minimum atomic E-state index is -0.924. The van der Waals surface area contributed by atoms with E-state index in [-0.39, 0.29) is 18.1 Å². The van der Waals surface area contributed by atoms with Gasteiger partial charge in [-0.25, -0.2) is 0 Å². The van der Waals surface area contributed by atoms with Crippen molar-refractivity contribution in [3.63, 3.8) is 0 Å². The second-order valence-corrected chi connectivity index (χ2v) is 16.5. The number of halogens is 7. The maximum absolute atomic E-state index is 10.5. The zero-order valence-electron chi connectivity index (χ0n) is 15.4. The molecule has 3 nitrogen and oxygen atoms in total. The lowest BCUT2D eigenvalue weighted by Crippen LogP contribution is -2.46. The summed E-state index contributed by atoms with van der Waals surface area (Å²) in [5, 5.41) is 20.4. The molecule has 0 amide bonds. The second-order valence-electron chi connectivity index (χ2n) is 6.53. The number of ether oxygens (including phenoxy) is 1. The van der Waals surface area contributed by atoms with Gasteiger partial charge >= 0.3 is 0 Å². The first-order valence-corrected chi connectivity index (χ1v) is 14.1. The summed E-state index contributed by atoms with van der Waals surface area (Å²) in [4.78, 5) is 0. The van der Waals surface area contributed by atoms with Crippen molar-refractivity contribution in [3.8, 4) is 17.2 Å². The fourth-order valence-corrected chi connectivity index (χ4v) is 7.54. The van der Waals surface area contributed by atoms with Crippen LogP contribution in [-0.4, -0.2) is 19.0 Å². The molecule has 0 aliphatic rings. The predicted molar refractivity (Wildman–Crippen MR) is 149 cm³/mol. The molecular weight excluding hydrogens is 860 g/mol. The largest absolute Gasteiger partial charge is 0.508 e. The number of rotatable bonds is 5. The van der Waals surface area contributed by atoms with Gasteiger partial charge in [0.2, 0.25) is 0 Å². The van der Waals surface area contributed by atoms with Crippen molar-refractivity contribution >= 4 is 112 Å². The van der Waals surface area contributed by atoms with E-state index >= 15 is 0 Å². The van der Waals surface area contributed by atoms with Gasteiger partial charge < -0.3 is 14.9 Å². The molecule has 31 heavy (non-hydrogen) atoms. The van der Waals surface area contributed by atoms with Gasteiger partial charge in [-0.3, -0.25) is 0 Å². The standard InChI is InChI=1S/C21H13Br7O3/c22-15-14(16(23)18(25)19(30)17(15)24)20(21(26,27)28,11-6-8-12(29)9-7-11)10-31-13-4-2-1-3-5-13/h1-9,29-30H,10H2. The smallest absolute Gasteiger partial charge is 0.151 e. The highest BCUT2D eigenvalue weighted by Gasteiger charge is 2.53. The first kappa shape index (κ1) is 26.0. The molecule has 0 saturated carbocycles. The van der Waals surface area contributed by atoms with Crippen molar-refractivity contribution in [2.24, 2.45) is 0 Å². The van der Waals surface area contributed by atoms with Gasteiger partial charge in [0.25, 0.3) is 0 Å². The maximum atomic E-state index is 10.5. The molecule has 0 heterocycles. The molecule has 0 fully saturated rings. The van der Waals surface area contributed by atoms with E-state index in [9.17, 15) is 10.2 Å². The number of benzene rings is 3. The van der Waals surface area contributed by atoms with Crippen LogP contribution in [0.4, 0.5) is 0 Å². The molecular formula is C21H13Br7O3. The zero-order chi connectivity index (χ0) is 23.0. The minimum Gasteiger partial charge on any atom is -0.508 e. The van der Waals surface area contributed by atoms with Crippen molar-refractivity contribution < 1.29 is 14.9 Å². The van der Waals surface area contributed by atoms with E-state index in [0.717, 1.165) is 11.1 Å². The Kier molecular flexibility index (Phi) is 8.70. The van der Waals surface area contributed by atoms with E-state index in [0.29, 0.717) is 23.6 Å². The normalized spacial score (nSPS) is 13.6. The Bertz CT molecular complexity index is 1050. The van der Waals surface area contributed by atoms with Gasteiger partial charge in [-0.2, -0.15) is 0 Å². The number of hydrogen-bond donors (Lipinski definition) is 2. The van der Waals surface area contributed by atoms with Crippen LogP contribution in [0.3, 0.4) is 0 Å². The molecule has 2 N–H and O–H groups in total. The topological polar surface area (TPSA) is 49.7 Å². The van der Waals surface area contributed by atoms with Crippen LogP contribution < -0.4 is 4.74 Å². The number of para-hydroxylation sites is 1. The summed E-state index contributed by atoms with van der Waals surface area (Å²) in [6.07, 6.45) is 0. The third-order valence-corrected chi connectivity index (χ3v) is 10.9. The molecule has 3 rings (SSSR count). The fraction of sp³-hybridized carbons (Fsp3) is 0.143. The summed E-state index contributed by atoms with van der Waals surface area (Å²) in [6, 6.07) is 16.4. The van der Waals surface area contributed by atoms with Crippen LogP contribution in [0.15, 0.2) is 72.5 Å². The summed E-state index contributed by atoms with van der Waals surface area (Å²) >= 11 is 25.6. The first-order valence-electron chi connectivity index (χ1n) is 8.60. The predicted octanol–water partition coefficient (Wildman–Crippen LogP) is 9.35. The van der Waals surface area contributed by atoms with E-state index in [1.54, 1.807) is 12.1 Å². The Morgan fingerprint density at radius 3 is 1.71 bits per heavy atom. The maximum Gasteiger partial charge on any atom is 0.151 e. The molecule has 0 aliphatic heterocycles. The third kappa shape index (κ3) is 5.10. The third-order valence-electron chi connectivity index (χ3n) is 4.71. The molecule has 0 spiro atoms. The van der Waals surface area contributed by atoms with Gasteiger partial charge in [0.1, 0.15) is 23.9 Å². The van der Waals surface area contributed by atoms with Crippen LogP contribution >= 0.6 is 112 Å². The molecule has 3 aromatic rings. The summed E-state index contributed by atoms with van der Waals surface area (Å²) in [5.74, 6) is 0.902. The molecule has 10 heteroatoms. The Morgan fingerprint density at radius 1 is 0.710 bits per heavy atom. The van der Waals surface area contributed by atoms with Gasteiger partial charge in [0.15, 0.2) is 2.14 Å². The summed E-state index contributed by atoms with van der Waals surface area (Å²) in [6.45, 7) is 0.185. The lowest BCUT2D eigenvalue weighted by Gasteiger charge is -2.43. The Balaban J connectivity index is 2.36. The monoisotopic (exact) mass is 866 g/mol. The Hall–Kier alpha value is 0.420. The van der Waals surface area contributed by atoms with E-state index in [1.807, 2.05) is 42.5 Å². The molecule has 0 aliphatic carbocycles.